The van der Waals surface area contributed by atoms with Crippen LogP contribution in [0.5, 0.6) is 5.75 Å². The fourth-order valence-electron chi connectivity index (χ4n) is 2.45. The van der Waals surface area contributed by atoms with E-state index < -0.39 is 11.7 Å². The maximum atomic E-state index is 12.2. The molecule has 0 saturated heterocycles. The Hall–Kier alpha value is -2.33. The van der Waals surface area contributed by atoms with Gasteiger partial charge in [-0.05, 0) is 30.3 Å². The molecule has 21 heavy (non-hydrogen) atoms. The first kappa shape index (κ1) is 13.6. The predicted molar refractivity (Wildman–Crippen MR) is 80.0 cm³/mol. The monoisotopic (exact) mass is 301 g/mol. The molecule has 0 unspecified atom stereocenters. The molecule has 1 aliphatic rings. The van der Waals surface area contributed by atoms with Gasteiger partial charge in [0.25, 0.3) is 11.7 Å². The van der Waals surface area contributed by atoms with Gasteiger partial charge in [-0.1, -0.05) is 23.7 Å². The minimum absolute atomic E-state index is 0.241. The van der Waals surface area contributed by atoms with Crippen molar-refractivity contribution in [2.45, 2.75) is 6.54 Å². The van der Waals surface area contributed by atoms with Crippen LogP contribution in [0.15, 0.2) is 42.5 Å². The number of nitrogens with zero attached hydrogens (tertiary/aromatic N) is 1. The Bertz CT molecular complexity index is 742. The Morgan fingerprint density at radius 1 is 1.14 bits per heavy atom. The number of para-hydroxylation sites is 1. The maximum absolute atomic E-state index is 12.2. The molecule has 5 heteroatoms. The van der Waals surface area contributed by atoms with Crippen LogP contribution in [0, 0.1) is 0 Å². The smallest absolute Gasteiger partial charge is 0.299 e. The summed E-state index contributed by atoms with van der Waals surface area (Å²) in [4.78, 5) is 25.6. The number of hydrogen-bond donors (Lipinski definition) is 0. The number of fused-ring (bicyclic) bond motifs is 1. The number of ketones is 1. The highest BCUT2D eigenvalue weighted by atomic mass is 35.5. The molecule has 0 N–H and O–H groups in total. The van der Waals surface area contributed by atoms with Crippen LogP contribution >= 0.6 is 11.6 Å². The van der Waals surface area contributed by atoms with E-state index in [9.17, 15) is 9.59 Å². The van der Waals surface area contributed by atoms with Gasteiger partial charge in [0, 0.05) is 10.6 Å². The molecule has 0 saturated carbocycles. The van der Waals surface area contributed by atoms with Crippen molar-refractivity contribution < 1.29 is 14.3 Å². The number of benzene rings is 2. The fraction of sp³-hybridized carbons (Fsp3) is 0.125. The number of hydrogen-bond acceptors (Lipinski definition) is 3. The predicted octanol–water partition coefficient (Wildman–Crippen LogP) is 3.08. The summed E-state index contributed by atoms with van der Waals surface area (Å²) >= 11 is 6.00. The second-order valence-corrected chi connectivity index (χ2v) is 5.13. The average Bonchev–Trinajstić information content (AvgIpc) is 2.73. The molecule has 0 bridgehead atoms. The van der Waals surface area contributed by atoms with E-state index >= 15 is 0 Å². The highest BCUT2D eigenvalue weighted by molar-refractivity contribution is 6.52. The molecular weight excluding hydrogens is 290 g/mol. The van der Waals surface area contributed by atoms with E-state index in [4.69, 9.17) is 16.3 Å². The average molecular weight is 302 g/mol. The van der Waals surface area contributed by atoms with Crippen LogP contribution in [0.3, 0.4) is 0 Å². The Balaban J connectivity index is 2.01. The quantitative estimate of drug-likeness (QED) is 0.819. The summed E-state index contributed by atoms with van der Waals surface area (Å²) in [7, 11) is 1.55. The van der Waals surface area contributed by atoms with Crippen LogP contribution in [-0.2, 0) is 11.3 Å². The topological polar surface area (TPSA) is 46.6 Å². The molecule has 106 valence electrons. The van der Waals surface area contributed by atoms with Crippen LogP contribution < -0.4 is 9.64 Å². The van der Waals surface area contributed by atoms with Crippen molar-refractivity contribution in [3.05, 3.63) is 58.6 Å². The molecular formula is C16H12ClNO3. The lowest BCUT2D eigenvalue weighted by Crippen LogP contribution is -2.29. The van der Waals surface area contributed by atoms with Crippen LogP contribution in [0.1, 0.15) is 15.9 Å². The number of carbonyl (C=O) groups excluding carboxylic acids is 2. The van der Waals surface area contributed by atoms with Gasteiger partial charge in [-0.3, -0.25) is 9.59 Å². The Morgan fingerprint density at radius 2 is 1.90 bits per heavy atom. The molecule has 1 aliphatic heterocycles. The summed E-state index contributed by atoms with van der Waals surface area (Å²) in [5.41, 5.74) is 1.81. The molecule has 2 aromatic carbocycles. The normalized spacial score (nSPS) is 13.5. The van der Waals surface area contributed by atoms with E-state index in [2.05, 4.69) is 0 Å². The summed E-state index contributed by atoms with van der Waals surface area (Å²) < 4.78 is 5.28. The van der Waals surface area contributed by atoms with Gasteiger partial charge in [-0.15, -0.1) is 0 Å². The number of carbonyl (C=O) groups is 2. The molecule has 1 amide bonds. The molecule has 0 spiro atoms. The van der Waals surface area contributed by atoms with E-state index in [1.807, 2.05) is 0 Å². The molecule has 4 nitrogen and oxygen atoms in total. The summed E-state index contributed by atoms with van der Waals surface area (Å²) in [6.07, 6.45) is 0. The zero-order valence-corrected chi connectivity index (χ0v) is 12.1. The van der Waals surface area contributed by atoms with Crippen LogP contribution in [0.2, 0.25) is 5.02 Å². The van der Waals surface area contributed by atoms with Gasteiger partial charge in [-0.2, -0.15) is 0 Å². The van der Waals surface area contributed by atoms with Crippen molar-refractivity contribution in [2.75, 3.05) is 12.0 Å². The molecule has 3 rings (SSSR count). The third kappa shape index (κ3) is 2.28. The zero-order valence-electron chi connectivity index (χ0n) is 11.3. The van der Waals surface area contributed by atoms with Crippen LogP contribution in [0.4, 0.5) is 5.69 Å². The molecule has 0 atom stereocenters. The fourth-order valence-corrected chi connectivity index (χ4v) is 2.64. The second-order valence-electron chi connectivity index (χ2n) is 4.69. The highest BCUT2D eigenvalue weighted by Gasteiger charge is 2.35. The first-order chi connectivity index (χ1) is 10.1. The number of ether oxygens (including phenoxy) is 1. The van der Waals surface area contributed by atoms with Crippen molar-refractivity contribution in [1.82, 2.24) is 0 Å². The van der Waals surface area contributed by atoms with Gasteiger partial charge in [-0.25, -0.2) is 0 Å². The lowest BCUT2D eigenvalue weighted by Gasteiger charge is -2.18. The van der Waals surface area contributed by atoms with E-state index in [0.29, 0.717) is 22.0 Å². The molecule has 0 aromatic heterocycles. The summed E-state index contributed by atoms with van der Waals surface area (Å²) in [6, 6.07) is 12.2. The van der Waals surface area contributed by atoms with Crippen molar-refractivity contribution >= 4 is 29.0 Å². The third-order valence-electron chi connectivity index (χ3n) is 3.45. The van der Waals surface area contributed by atoms with Gasteiger partial charge < -0.3 is 9.64 Å². The van der Waals surface area contributed by atoms with Gasteiger partial charge in [0.05, 0.1) is 24.9 Å². The number of amides is 1. The van der Waals surface area contributed by atoms with E-state index in [1.165, 1.54) is 4.90 Å². The Morgan fingerprint density at radius 3 is 2.67 bits per heavy atom. The number of Topliss-reactive ketones (excluding diaryl/α,β-unsaturated/α-hetero) is 1. The van der Waals surface area contributed by atoms with E-state index in [-0.39, 0.29) is 6.54 Å². The molecule has 0 radical (unpaired) electrons. The van der Waals surface area contributed by atoms with Gasteiger partial charge in [0.2, 0.25) is 0 Å². The molecule has 0 fully saturated rings. The lowest BCUT2D eigenvalue weighted by molar-refractivity contribution is -0.114. The minimum atomic E-state index is -0.529. The Kier molecular flexibility index (Phi) is 3.39. The van der Waals surface area contributed by atoms with Crippen LogP contribution in [0.25, 0.3) is 0 Å². The number of rotatable bonds is 3. The SMILES string of the molecule is COc1ccc(Cl)cc1CN1C(=O)C(=O)c2ccccc21. The molecule has 2 aromatic rings. The standard InChI is InChI=1S/C16H12ClNO3/c1-21-14-7-6-11(17)8-10(14)9-18-13-5-3-2-4-12(13)15(19)16(18)20/h2-8H,9H2,1H3. The van der Waals surface area contributed by atoms with E-state index in [0.717, 1.165) is 5.56 Å². The maximum Gasteiger partial charge on any atom is 0.299 e. The van der Waals surface area contributed by atoms with Crippen molar-refractivity contribution in [2.24, 2.45) is 0 Å². The first-order valence-corrected chi connectivity index (χ1v) is 6.77. The molecule has 0 aliphatic carbocycles. The summed E-state index contributed by atoms with van der Waals surface area (Å²) in [6.45, 7) is 0.241. The summed E-state index contributed by atoms with van der Waals surface area (Å²) in [5, 5.41) is 0.553. The third-order valence-corrected chi connectivity index (χ3v) is 3.68. The lowest BCUT2D eigenvalue weighted by atomic mass is 10.1. The first-order valence-electron chi connectivity index (χ1n) is 6.39. The number of halogens is 1. The van der Waals surface area contributed by atoms with Crippen molar-refractivity contribution in [1.29, 1.82) is 0 Å². The Labute approximate surface area is 126 Å². The minimum Gasteiger partial charge on any atom is -0.496 e. The van der Waals surface area contributed by atoms with Gasteiger partial charge in [0.1, 0.15) is 5.75 Å². The summed E-state index contributed by atoms with van der Waals surface area (Å²) in [5.74, 6) is -0.381. The van der Waals surface area contributed by atoms with Crippen molar-refractivity contribution in [3.8, 4) is 5.75 Å². The number of methoxy groups -OCH3 is 1. The number of anilines is 1. The zero-order chi connectivity index (χ0) is 15.0. The van der Waals surface area contributed by atoms with Crippen molar-refractivity contribution in [3.63, 3.8) is 0 Å². The second kappa shape index (κ2) is 5.22. The highest BCUT2D eigenvalue weighted by Crippen LogP contribution is 2.32. The van der Waals surface area contributed by atoms with Crippen LogP contribution in [-0.4, -0.2) is 18.8 Å². The van der Waals surface area contributed by atoms with Gasteiger partial charge in [0.15, 0.2) is 0 Å². The largest absolute Gasteiger partial charge is 0.496 e. The molecule has 1 heterocycles. The van der Waals surface area contributed by atoms with E-state index in [1.54, 1.807) is 49.6 Å². The van der Waals surface area contributed by atoms with Gasteiger partial charge >= 0.3 is 0 Å².